The number of hydrogen-bond acceptors (Lipinski definition) is 3. The van der Waals surface area contributed by atoms with Gasteiger partial charge in [0, 0.05) is 6.04 Å². The van der Waals surface area contributed by atoms with Crippen molar-refractivity contribution >= 4 is 10.0 Å². The second kappa shape index (κ2) is 5.98. The van der Waals surface area contributed by atoms with Gasteiger partial charge in [-0.15, -0.1) is 0 Å². The van der Waals surface area contributed by atoms with Crippen LogP contribution in [0.15, 0.2) is 29.2 Å². The van der Waals surface area contributed by atoms with Crippen LogP contribution in [0.3, 0.4) is 0 Å². The van der Waals surface area contributed by atoms with Crippen LogP contribution < -0.4 is 10.5 Å². The molecular weight excluding hydrogens is 267 g/mol. The zero-order valence-corrected chi connectivity index (χ0v) is 11.5. The second-order valence-corrected chi connectivity index (χ2v) is 6.68. The van der Waals surface area contributed by atoms with Crippen molar-refractivity contribution in [3.05, 3.63) is 30.1 Å². The average Bonchev–Trinajstić information content (AvgIpc) is 2.39. The molecular formula is C13H19FN2O2S. The summed E-state index contributed by atoms with van der Waals surface area (Å²) in [5.41, 5.74) is 5.68. The van der Waals surface area contributed by atoms with Crippen LogP contribution in [0.4, 0.5) is 4.39 Å². The Hall–Kier alpha value is -0.980. The predicted molar refractivity (Wildman–Crippen MR) is 71.5 cm³/mol. The monoisotopic (exact) mass is 286 g/mol. The molecule has 0 heterocycles. The van der Waals surface area contributed by atoms with E-state index >= 15 is 0 Å². The predicted octanol–water partition coefficient (Wildman–Crippen LogP) is 1.62. The molecule has 0 spiro atoms. The smallest absolute Gasteiger partial charge is 0.240 e. The van der Waals surface area contributed by atoms with Gasteiger partial charge in [0.05, 0.1) is 4.90 Å². The number of sulfonamides is 1. The largest absolute Gasteiger partial charge is 0.330 e. The van der Waals surface area contributed by atoms with Crippen molar-refractivity contribution in [3.63, 3.8) is 0 Å². The topological polar surface area (TPSA) is 72.2 Å². The van der Waals surface area contributed by atoms with Gasteiger partial charge in [-0.1, -0.05) is 18.9 Å². The Bertz CT molecular complexity index is 533. The first-order valence-electron chi connectivity index (χ1n) is 6.51. The van der Waals surface area contributed by atoms with Crippen LogP contribution in [0.25, 0.3) is 0 Å². The summed E-state index contributed by atoms with van der Waals surface area (Å²) in [6.45, 7) is 0.469. The molecule has 0 aliphatic heterocycles. The highest BCUT2D eigenvalue weighted by molar-refractivity contribution is 7.89. The minimum absolute atomic E-state index is 0.0335. The Kier molecular flexibility index (Phi) is 4.54. The van der Waals surface area contributed by atoms with E-state index in [-0.39, 0.29) is 16.9 Å². The first-order chi connectivity index (χ1) is 9.03. The molecule has 0 amide bonds. The van der Waals surface area contributed by atoms with Gasteiger partial charge in [0.2, 0.25) is 10.0 Å². The maximum Gasteiger partial charge on any atom is 0.240 e. The van der Waals surface area contributed by atoms with Gasteiger partial charge in [0.25, 0.3) is 0 Å². The number of rotatable bonds is 4. The van der Waals surface area contributed by atoms with Crippen molar-refractivity contribution in [3.8, 4) is 0 Å². The maximum absolute atomic E-state index is 13.1. The van der Waals surface area contributed by atoms with Gasteiger partial charge in [-0.2, -0.15) is 0 Å². The van der Waals surface area contributed by atoms with Crippen LogP contribution in [0.2, 0.25) is 0 Å². The lowest BCUT2D eigenvalue weighted by Gasteiger charge is -2.31. The van der Waals surface area contributed by atoms with Crippen molar-refractivity contribution in [2.45, 2.75) is 36.6 Å². The third-order valence-electron chi connectivity index (χ3n) is 3.62. The van der Waals surface area contributed by atoms with Crippen molar-refractivity contribution in [1.29, 1.82) is 0 Å². The number of nitrogens with two attached hydrogens (primary N) is 1. The number of hydrogen-bond donors (Lipinski definition) is 2. The standard InChI is InChI=1S/C13H19FN2O2S/c14-11-5-3-6-12(8-11)19(17,18)16-13-7-2-1-4-10(13)9-15/h3,5-6,8,10,13,16H,1-2,4,7,9,15H2. The maximum atomic E-state index is 13.1. The van der Waals surface area contributed by atoms with Crippen molar-refractivity contribution in [2.24, 2.45) is 11.7 Å². The lowest BCUT2D eigenvalue weighted by atomic mass is 9.85. The Morgan fingerprint density at radius 3 is 2.74 bits per heavy atom. The molecule has 1 saturated carbocycles. The van der Waals surface area contributed by atoms with Crippen LogP contribution >= 0.6 is 0 Å². The number of nitrogens with one attached hydrogen (secondary N) is 1. The fraction of sp³-hybridized carbons (Fsp3) is 0.538. The fourth-order valence-corrected chi connectivity index (χ4v) is 3.92. The van der Waals surface area contributed by atoms with Crippen LogP contribution in [0, 0.1) is 11.7 Å². The highest BCUT2D eigenvalue weighted by Crippen LogP contribution is 2.25. The third kappa shape index (κ3) is 3.52. The van der Waals surface area contributed by atoms with Crippen molar-refractivity contribution in [2.75, 3.05) is 6.54 Å². The van der Waals surface area contributed by atoms with E-state index in [4.69, 9.17) is 5.73 Å². The highest BCUT2D eigenvalue weighted by atomic mass is 32.2. The molecule has 4 nitrogen and oxygen atoms in total. The van der Waals surface area contributed by atoms with E-state index < -0.39 is 15.8 Å². The van der Waals surface area contributed by atoms with Gasteiger partial charge in [-0.25, -0.2) is 17.5 Å². The molecule has 2 unspecified atom stereocenters. The Balaban J connectivity index is 2.16. The number of halogens is 1. The highest BCUT2D eigenvalue weighted by Gasteiger charge is 2.28. The van der Waals surface area contributed by atoms with E-state index in [0.29, 0.717) is 6.54 Å². The minimum Gasteiger partial charge on any atom is -0.330 e. The molecule has 0 saturated heterocycles. The number of benzene rings is 1. The SMILES string of the molecule is NCC1CCCCC1NS(=O)(=O)c1cccc(F)c1. The van der Waals surface area contributed by atoms with E-state index in [1.807, 2.05) is 0 Å². The molecule has 19 heavy (non-hydrogen) atoms. The van der Waals surface area contributed by atoms with Gasteiger partial charge in [0.1, 0.15) is 5.82 Å². The lowest BCUT2D eigenvalue weighted by Crippen LogP contribution is -2.44. The van der Waals surface area contributed by atoms with Crippen LogP contribution in [0.1, 0.15) is 25.7 Å². The molecule has 1 aromatic carbocycles. The van der Waals surface area contributed by atoms with Crippen LogP contribution in [0.5, 0.6) is 0 Å². The van der Waals surface area contributed by atoms with E-state index in [2.05, 4.69) is 4.72 Å². The van der Waals surface area contributed by atoms with Gasteiger partial charge in [0.15, 0.2) is 0 Å². The van der Waals surface area contributed by atoms with Gasteiger partial charge in [-0.3, -0.25) is 0 Å². The summed E-state index contributed by atoms with van der Waals surface area (Å²) < 4.78 is 40.2. The lowest BCUT2D eigenvalue weighted by molar-refractivity contribution is 0.296. The zero-order valence-electron chi connectivity index (χ0n) is 10.7. The summed E-state index contributed by atoms with van der Waals surface area (Å²) in [7, 11) is -3.67. The summed E-state index contributed by atoms with van der Waals surface area (Å²) in [5.74, 6) is -0.390. The van der Waals surface area contributed by atoms with Gasteiger partial charge in [-0.05, 0) is 43.5 Å². The summed E-state index contributed by atoms with van der Waals surface area (Å²) in [5, 5.41) is 0. The molecule has 1 fully saturated rings. The first kappa shape index (κ1) is 14.4. The van der Waals surface area contributed by atoms with Crippen LogP contribution in [-0.2, 0) is 10.0 Å². The molecule has 1 aliphatic rings. The van der Waals surface area contributed by atoms with Crippen molar-refractivity contribution in [1.82, 2.24) is 4.72 Å². The van der Waals surface area contributed by atoms with Gasteiger partial charge >= 0.3 is 0 Å². The average molecular weight is 286 g/mol. The second-order valence-electron chi connectivity index (χ2n) is 4.97. The van der Waals surface area contributed by atoms with E-state index in [1.165, 1.54) is 18.2 Å². The fourth-order valence-electron chi connectivity index (χ4n) is 2.55. The summed E-state index contributed by atoms with van der Waals surface area (Å²) >= 11 is 0. The molecule has 1 aromatic rings. The van der Waals surface area contributed by atoms with E-state index in [0.717, 1.165) is 31.7 Å². The Morgan fingerprint density at radius 2 is 2.05 bits per heavy atom. The molecule has 2 atom stereocenters. The summed E-state index contributed by atoms with van der Waals surface area (Å²) in [6.07, 6.45) is 3.80. The van der Waals surface area contributed by atoms with Gasteiger partial charge < -0.3 is 5.73 Å². The normalized spacial score (nSPS) is 24.3. The summed E-state index contributed by atoms with van der Waals surface area (Å²) in [4.78, 5) is -0.0335. The summed E-state index contributed by atoms with van der Waals surface area (Å²) in [6, 6.07) is 4.90. The van der Waals surface area contributed by atoms with Crippen LogP contribution in [-0.4, -0.2) is 21.0 Å². The van der Waals surface area contributed by atoms with Crippen molar-refractivity contribution < 1.29 is 12.8 Å². The Morgan fingerprint density at radius 1 is 1.32 bits per heavy atom. The molecule has 3 N–H and O–H groups in total. The zero-order chi connectivity index (χ0) is 13.9. The molecule has 2 rings (SSSR count). The molecule has 106 valence electrons. The van der Waals surface area contributed by atoms with E-state index in [1.54, 1.807) is 0 Å². The Labute approximate surface area is 113 Å². The molecule has 1 aliphatic carbocycles. The molecule has 0 bridgehead atoms. The minimum atomic E-state index is -3.67. The molecule has 0 aromatic heterocycles. The third-order valence-corrected chi connectivity index (χ3v) is 5.11. The quantitative estimate of drug-likeness (QED) is 0.883. The molecule has 0 radical (unpaired) electrons. The first-order valence-corrected chi connectivity index (χ1v) is 7.99. The van der Waals surface area contributed by atoms with E-state index in [9.17, 15) is 12.8 Å². The molecule has 6 heteroatoms.